The van der Waals surface area contributed by atoms with Crippen molar-refractivity contribution in [3.05, 3.63) is 58.1 Å². The van der Waals surface area contributed by atoms with Gasteiger partial charge in [-0.2, -0.15) is 5.26 Å². The van der Waals surface area contributed by atoms with Crippen molar-refractivity contribution >= 4 is 57.1 Å². The summed E-state index contributed by atoms with van der Waals surface area (Å²) in [5.41, 5.74) is 2.24. The second-order valence-corrected chi connectivity index (χ2v) is 9.42. The molecule has 0 radical (unpaired) electrons. The number of hydrogen-bond donors (Lipinski definition) is 0. The first-order chi connectivity index (χ1) is 15.1. The molecule has 2 aromatic heterocycles. The Labute approximate surface area is 207 Å². The minimum absolute atomic E-state index is 0. The Balaban J connectivity index is 0.000000220. The Kier molecular flexibility index (Phi) is 11.1. The lowest BCUT2D eigenvalue weighted by Gasteiger charge is -2.17. The Morgan fingerprint density at radius 2 is 1.44 bits per heavy atom. The van der Waals surface area contributed by atoms with E-state index in [9.17, 15) is 0 Å². The second kappa shape index (κ2) is 13.5. The highest BCUT2D eigenvalue weighted by Gasteiger charge is 2.20. The first-order valence-corrected chi connectivity index (χ1v) is 12.2. The molecule has 4 rings (SSSR count). The normalized spacial score (nSPS) is 17.7. The van der Waals surface area contributed by atoms with Crippen LogP contribution >= 0.6 is 46.7 Å². The van der Waals surface area contributed by atoms with Crippen LogP contribution in [0.1, 0.15) is 18.6 Å². The molecule has 0 saturated carbocycles. The van der Waals surface area contributed by atoms with Crippen molar-refractivity contribution in [3.8, 4) is 6.19 Å². The molecule has 0 spiro atoms. The quantitative estimate of drug-likeness (QED) is 0.422. The van der Waals surface area contributed by atoms with Gasteiger partial charge in [-0.1, -0.05) is 66.3 Å². The van der Waals surface area contributed by atoms with Gasteiger partial charge in [0.05, 0.1) is 0 Å². The molecule has 2 aromatic rings. The number of amidine groups is 2. The van der Waals surface area contributed by atoms with Crippen molar-refractivity contribution in [1.29, 1.82) is 5.26 Å². The summed E-state index contributed by atoms with van der Waals surface area (Å²) in [6.07, 6.45) is 5.39. The van der Waals surface area contributed by atoms with Crippen LogP contribution < -0.4 is 0 Å². The smallest absolute Gasteiger partial charge is 0.208 e. The van der Waals surface area contributed by atoms with Gasteiger partial charge in [0.2, 0.25) is 6.19 Å². The van der Waals surface area contributed by atoms with Gasteiger partial charge in [0.25, 0.3) is 0 Å². The number of aromatic nitrogens is 2. The van der Waals surface area contributed by atoms with Crippen LogP contribution in [0.2, 0.25) is 10.3 Å². The van der Waals surface area contributed by atoms with Crippen molar-refractivity contribution in [2.24, 2.45) is 9.98 Å². The highest BCUT2D eigenvalue weighted by atomic mass is 35.5. The largest absolute Gasteiger partial charge is 0.346 e. The first kappa shape index (κ1) is 26.3. The monoisotopic (exact) mass is 509 g/mol. The number of hydrogen-bond acceptors (Lipinski definition) is 7. The predicted molar refractivity (Wildman–Crippen MR) is 137 cm³/mol. The molecule has 2 saturated heterocycles. The molecule has 0 aliphatic carbocycles. The first-order valence-electron chi connectivity index (χ1n) is 9.49. The van der Waals surface area contributed by atoms with E-state index < -0.39 is 0 Å². The van der Waals surface area contributed by atoms with Crippen LogP contribution in [0.5, 0.6) is 0 Å². The third-order valence-corrected chi connectivity index (χ3v) is 6.91. The Morgan fingerprint density at radius 3 is 1.88 bits per heavy atom. The van der Waals surface area contributed by atoms with E-state index in [0.29, 0.717) is 10.3 Å². The molecule has 11 heteroatoms. The van der Waals surface area contributed by atoms with E-state index >= 15 is 0 Å². The van der Waals surface area contributed by atoms with Crippen molar-refractivity contribution < 1.29 is 0 Å². The average Bonchev–Trinajstić information content (AvgIpc) is 3.41. The van der Waals surface area contributed by atoms with Crippen LogP contribution in [0.25, 0.3) is 0 Å². The van der Waals surface area contributed by atoms with E-state index in [-0.39, 0.29) is 7.43 Å². The van der Waals surface area contributed by atoms with Crippen LogP contribution in [0.15, 0.2) is 46.6 Å². The minimum Gasteiger partial charge on any atom is -0.346 e. The van der Waals surface area contributed by atoms with E-state index in [1.54, 1.807) is 35.8 Å². The third-order valence-electron chi connectivity index (χ3n) is 4.39. The van der Waals surface area contributed by atoms with Gasteiger partial charge in [0.15, 0.2) is 10.3 Å². The lowest BCUT2D eigenvalue weighted by molar-refractivity contribution is 0.456. The summed E-state index contributed by atoms with van der Waals surface area (Å²) >= 11 is 14.8. The molecule has 170 valence electrons. The maximum Gasteiger partial charge on any atom is 0.208 e. The minimum atomic E-state index is 0. The lowest BCUT2D eigenvalue weighted by atomic mass is 10.3. The molecule has 0 aromatic carbocycles. The molecule has 7 nitrogen and oxygen atoms in total. The van der Waals surface area contributed by atoms with Gasteiger partial charge in [-0.15, -0.1) is 4.99 Å². The third kappa shape index (κ3) is 7.85. The van der Waals surface area contributed by atoms with Crippen molar-refractivity contribution in [1.82, 2.24) is 19.8 Å². The van der Waals surface area contributed by atoms with Crippen molar-refractivity contribution in [3.63, 3.8) is 0 Å². The number of halogens is 2. The molecular weight excluding hydrogens is 485 g/mol. The molecule has 2 fully saturated rings. The molecular formula is C21H25Cl2N7S2. The van der Waals surface area contributed by atoms with Gasteiger partial charge < -0.3 is 9.80 Å². The molecule has 0 bridgehead atoms. The van der Waals surface area contributed by atoms with Crippen molar-refractivity contribution in [2.75, 3.05) is 31.6 Å². The fourth-order valence-electron chi connectivity index (χ4n) is 2.95. The molecule has 4 heterocycles. The molecule has 0 unspecified atom stereocenters. The highest BCUT2D eigenvalue weighted by Crippen LogP contribution is 2.21. The lowest BCUT2D eigenvalue weighted by Crippen LogP contribution is -2.23. The van der Waals surface area contributed by atoms with E-state index in [1.807, 2.05) is 37.6 Å². The van der Waals surface area contributed by atoms with E-state index in [4.69, 9.17) is 28.5 Å². The molecule has 32 heavy (non-hydrogen) atoms. The second-order valence-electron chi connectivity index (χ2n) is 6.52. The van der Waals surface area contributed by atoms with Crippen LogP contribution in [0.4, 0.5) is 0 Å². The number of aliphatic imine (C=N–C) groups is 2. The van der Waals surface area contributed by atoms with Gasteiger partial charge >= 0.3 is 0 Å². The number of thioether (sulfide) groups is 2. The molecule has 0 atom stereocenters. The van der Waals surface area contributed by atoms with Gasteiger partial charge in [-0.3, -0.25) is 4.99 Å². The van der Waals surface area contributed by atoms with E-state index in [1.165, 1.54) is 5.56 Å². The van der Waals surface area contributed by atoms with E-state index in [2.05, 4.69) is 29.8 Å². The van der Waals surface area contributed by atoms with E-state index in [0.717, 1.165) is 53.6 Å². The summed E-state index contributed by atoms with van der Waals surface area (Å²) in [4.78, 5) is 20.4. The fourth-order valence-corrected chi connectivity index (χ4v) is 5.08. The maximum atomic E-state index is 8.54. The summed E-state index contributed by atoms with van der Waals surface area (Å²) in [5.74, 6) is 2.09. The highest BCUT2D eigenvalue weighted by molar-refractivity contribution is 8.14. The number of nitrogens with zero attached hydrogens (tertiary/aromatic N) is 7. The molecule has 0 N–H and O–H groups in total. The van der Waals surface area contributed by atoms with Gasteiger partial charge in [-0.25, -0.2) is 9.97 Å². The standard InChI is InChI=1S/C10H9ClN4S.C10H12ClN3S.CH4/c11-9-2-1-8(5-13-9)6-15-3-4-16-10(15)14-7-12;1-12-10-14(4-5-15-10)7-8-2-3-9(11)13-6-8;/h1-2,5H,3-4,6H2;2-3,6H,4-5,7H2,1H3;1H4. The summed E-state index contributed by atoms with van der Waals surface area (Å²) in [7, 11) is 1.83. The SMILES string of the molecule is C.CN=C1SCCN1Cc1ccc(Cl)nc1.N#CN=C1SCCN1Cc1ccc(Cl)nc1. The Morgan fingerprint density at radius 1 is 0.938 bits per heavy atom. The van der Waals surface area contributed by atoms with Crippen LogP contribution in [0, 0.1) is 11.5 Å². The molecule has 0 amide bonds. The number of rotatable bonds is 4. The topological polar surface area (TPSA) is 80.8 Å². The molecule has 2 aliphatic heterocycles. The van der Waals surface area contributed by atoms with Gasteiger partial charge in [-0.05, 0) is 23.3 Å². The van der Waals surface area contributed by atoms with Gasteiger partial charge in [0.1, 0.15) is 10.3 Å². The van der Waals surface area contributed by atoms with Crippen LogP contribution in [0.3, 0.4) is 0 Å². The summed E-state index contributed by atoms with van der Waals surface area (Å²) in [5, 5.41) is 11.5. The van der Waals surface area contributed by atoms with Crippen LogP contribution in [-0.2, 0) is 13.1 Å². The zero-order chi connectivity index (χ0) is 22.1. The summed E-state index contributed by atoms with van der Waals surface area (Å²) in [6.45, 7) is 3.55. The van der Waals surface area contributed by atoms with Crippen LogP contribution in [-0.4, -0.2) is 61.7 Å². The van der Waals surface area contributed by atoms with Gasteiger partial charge in [0, 0.05) is 57.1 Å². The summed E-state index contributed by atoms with van der Waals surface area (Å²) < 4.78 is 0. The zero-order valence-electron chi connectivity index (χ0n) is 16.9. The fraction of sp³-hybridized carbons (Fsp3) is 0.381. The average molecular weight is 511 g/mol. The number of nitriles is 1. The Bertz CT molecular complexity index is 960. The number of pyridine rings is 2. The Hall–Kier alpha value is -1.99. The predicted octanol–water partition coefficient (Wildman–Crippen LogP) is 5.03. The summed E-state index contributed by atoms with van der Waals surface area (Å²) in [6, 6.07) is 7.53. The molecule has 2 aliphatic rings. The zero-order valence-corrected chi connectivity index (χ0v) is 20.1. The maximum absolute atomic E-state index is 8.54. The van der Waals surface area contributed by atoms with Crippen molar-refractivity contribution in [2.45, 2.75) is 20.5 Å².